The largest absolute Gasteiger partial charge is 0.507 e. The molecular weight excluding hydrogens is 414 g/mol. The van der Waals surface area contributed by atoms with Gasteiger partial charge in [0.15, 0.2) is 0 Å². The number of fused-ring (bicyclic) bond motifs is 2. The topological polar surface area (TPSA) is 60.2 Å². The molecule has 2 bridgehead atoms. The Balaban J connectivity index is 1.26. The van der Waals surface area contributed by atoms with Gasteiger partial charge >= 0.3 is 5.63 Å². The Morgan fingerprint density at radius 2 is 1.76 bits per heavy atom. The number of rotatable bonds is 5. The zero-order chi connectivity index (χ0) is 23.2. The second kappa shape index (κ2) is 8.48. The van der Waals surface area contributed by atoms with Crippen molar-refractivity contribution < 1.29 is 9.52 Å². The first-order chi connectivity index (χ1) is 15.7. The molecule has 5 rings (SSSR count). The lowest BCUT2D eigenvalue weighted by Gasteiger charge is -2.39. The lowest BCUT2D eigenvalue weighted by molar-refractivity contribution is 0.126. The van der Waals surface area contributed by atoms with Crippen LogP contribution in [-0.2, 0) is 13.1 Å². The first-order valence-corrected chi connectivity index (χ1v) is 12.3. The Bertz CT molecular complexity index is 1040. The summed E-state index contributed by atoms with van der Waals surface area (Å²) in [5, 5.41) is 11.1. The van der Waals surface area contributed by atoms with Gasteiger partial charge < -0.3 is 14.4 Å². The van der Waals surface area contributed by atoms with Crippen LogP contribution in [0.15, 0.2) is 45.8 Å². The fourth-order valence-corrected chi connectivity index (χ4v) is 6.80. The summed E-state index contributed by atoms with van der Waals surface area (Å²) in [6, 6.07) is 10.9. The monoisotopic (exact) mass is 451 g/mol. The van der Waals surface area contributed by atoms with E-state index in [0.29, 0.717) is 35.7 Å². The molecule has 0 amide bonds. The first-order valence-electron chi connectivity index (χ1n) is 12.3. The number of benzene rings is 1. The van der Waals surface area contributed by atoms with Crippen molar-refractivity contribution in [2.24, 2.45) is 10.8 Å². The van der Waals surface area contributed by atoms with Crippen molar-refractivity contribution in [2.75, 3.05) is 37.6 Å². The van der Waals surface area contributed by atoms with Crippen molar-refractivity contribution in [1.82, 2.24) is 9.80 Å². The molecule has 2 saturated heterocycles. The predicted molar refractivity (Wildman–Crippen MR) is 131 cm³/mol. The van der Waals surface area contributed by atoms with Crippen molar-refractivity contribution in [3.05, 3.63) is 58.1 Å². The number of anilines is 1. The number of piperazine rings is 1. The molecule has 2 unspecified atom stereocenters. The molecule has 1 aromatic carbocycles. The number of hydrogen-bond acceptors (Lipinski definition) is 6. The fraction of sp³-hybridized carbons (Fsp3) is 0.593. The lowest BCUT2D eigenvalue weighted by atomic mass is 9.65. The molecule has 3 heterocycles. The maximum atomic E-state index is 12.6. The van der Waals surface area contributed by atoms with E-state index >= 15 is 0 Å². The van der Waals surface area contributed by atoms with Gasteiger partial charge in [0, 0.05) is 63.1 Å². The highest BCUT2D eigenvalue weighted by Crippen LogP contribution is 2.52. The van der Waals surface area contributed by atoms with Gasteiger partial charge in [-0.2, -0.15) is 0 Å². The van der Waals surface area contributed by atoms with Crippen LogP contribution in [-0.4, -0.2) is 53.7 Å². The van der Waals surface area contributed by atoms with E-state index in [2.05, 4.69) is 59.7 Å². The van der Waals surface area contributed by atoms with Crippen LogP contribution in [0.3, 0.4) is 0 Å². The molecule has 3 fully saturated rings. The molecule has 1 saturated carbocycles. The molecular formula is C27H37N3O3. The molecule has 6 nitrogen and oxygen atoms in total. The predicted octanol–water partition coefficient (Wildman–Crippen LogP) is 4.07. The highest BCUT2D eigenvalue weighted by molar-refractivity contribution is 5.46. The van der Waals surface area contributed by atoms with Crippen molar-refractivity contribution in [1.29, 1.82) is 0 Å². The summed E-state index contributed by atoms with van der Waals surface area (Å²) in [7, 11) is 0. The summed E-state index contributed by atoms with van der Waals surface area (Å²) in [6.45, 7) is 12.8. The van der Waals surface area contributed by atoms with E-state index in [-0.39, 0.29) is 11.2 Å². The average Bonchev–Trinajstić information content (AvgIpc) is 3.02. The average molecular weight is 452 g/mol. The maximum Gasteiger partial charge on any atom is 0.343 e. The van der Waals surface area contributed by atoms with Gasteiger partial charge in [-0.05, 0) is 42.2 Å². The molecule has 178 valence electrons. The highest BCUT2D eigenvalue weighted by atomic mass is 16.4. The van der Waals surface area contributed by atoms with E-state index in [1.165, 1.54) is 24.8 Å². The molecule has 2 aromatic rings. The van der Waals surface area contributed by atoms with E-state index in [0.717, 1.165) is 39.1 Å². The zero-order valence-electron chi connectivity index (χ0n) is 20.2. The van der Waals surface area contributed by atoms with Crippen LogP contribution in [0.25, 0.3) is 0 Å². The van der Waals surface area contributed by atoms with Gasteiger partial charge in [-0.15, -0.1) is 0 Å². The quantitative estimate of drug-likeness (QED) is 0.740. The van der Waals surface area contributed by atoms with Crippen molar-refractivity contribution in [3.63, 3.8) is 0 Å². The van der Waals surface area contributed by atoms with Gasteiger partial charge in [0.1, 0.15) is 12.0 Å². The highest BCUT2D eigenvalue weighted by Gasteiger charge is 2.49. The van der Waals surface area contributed by atoms with Crippen molar-refractivity contribution in [2.45, 2.75) is 59.2 Å². The standard InChI is InChI=1S/C27H37N3O3/c1-26(2)13-22-14-27(3,18-26)19-30(22)16-23-24(31)20(17-33-25(23)32)15-28-9-11-29(12-10-28)21-7-5-4-6-8-21/h4-8,17,22,31H,9-16,18-19H2,1-3H3. The molecule has 0 spiro atoms. The van der Waals surface area contributed by atoms with E-state index in [9.17, 15) is 9.90 Å². The van der Waals surface area contributed by atoms with E-state index < -0.39 is 5.63 Å². The molecule has 1 aromatic heterocycles. The van der Waals surface area contributed by atoms with Gasteiger partial charge in [0.25, 0.3) is 0 Å². The van der Waals surface area contributed by atoms with E-state index in [4.69, 9.17) is 4.42 Å². The van der Waals surface area contributed by atoms with Gasteiger partial charge in [0.05, 0.1) is 5.56 Å². The van der Waals surface area contributed by atoms with Crippen LogP contribution in [0, 0.1) is 10.8 Å². The van der Waals surface area contributed by atoms with E-state index in [1.54, 1.807) is 0 Å². The number of aromatic hydroxyl groups is 1. The molecule has 6 heteroatoms. The summed E-state index contributed by atoms with van der Waals surface area (Å²) in [5.41, 5.74) is 2.59. The SMILES string of the molecule is CC1(C)CC2CC(C)(CN2Cc2c(O)c(CN3CCN(c4ccccc4)CC3)coc2=O)C1. The van der Waals surface area contributed by atoms with Crippen molar-refractivity contribution in [3.8, 4) is 5.75 Å². The summed E-state index contributed by atoms with van der Waals surface area (Å²) in [5.74, 6) is 0.127. The Morgan fingerprint density at radius 1 is 1.03 bits per heavy atom. The van der Waals surface area contributed by atoms with Crippen LogP contribution in [0.5, 0.6) is 5.75 Å². The van der Waals surface area contributed by atoms with Crippen LogP contribution in [0.4, 0.5) is 5.69 Å². The zero-order valence-corrected chi connectivity index (χ0v) is 20.2. The van der Waals surface area contributed by atoms with Gasteiger partial charge in [0.2, 0.25) is 0 Å². The second-order valence-electron chi connectivity index (χ2n) is 11.6. The van der Waals surface area contributed by atoms with Crippen LogP contribution in [0.1, 0.15) is 51.2 Å². The molecule has 2 aliphatic heterocycles. The molecule has 33 heavy (non-hydrogen) atoms. The van der Waals surface area contributed by atoms with Gasteiger partial charge in [-0.25, -0.2) is 4.79 Å². The molecule has 0 radical (unpaired) electrons. The molecule has 1 aliphatic carbocycles. The lowest BCUT2D eigenvalue weighted by Crippen LogP contribution is -2.46. The van der Waals surface area contributed by atoms with Crippen LogP contribution in [0.2, 0.25) is 0 Å². The number of likely N-dealkylation sites (tertiary alicyclic amines) is 1. The second-order valence-corrected chi connectivity index (χ2v) is 11.6. The first kappa shape index (κ1) is 22.5. The van der Waals surface area contributed by atoms with Gasteiger partial charge in [-0.1, -0.05) is 39.0 Å². The minimum absolute atomic E-state index is 0.127. The molecule has 3 aliphatic rings. The summed E-state index contributed by atoms with van der Waals surface area (Å²) in [4.78, 5) is 19.7. The third kappa shape index (κ3) is 4.69. The normalized spacial score (nSPS) is 27.7. The van der Waals surface area contributed by atoms with Crippen molar-refractivity contribution >= 4 is 5.69 Å². The third-order valence-electron chi connectivity index (χ3n) is 7.92. The Labute approximate surface area is 196 Å². The summed E-state index contributed by atoms with van der Waals surface area (Å²) >= 11 is 0. The maximum absolute atomic E-state index is 12.6. The third-order valence-corrected chi connectivity index (χ3v) is 7.92. The molecule has 1 N–H and O–H groups in total. The van der Waals surface area contributed by atoms with Crippen LogP contribution < -0.4 is 10.5 Å². The number of nitrogens with zero attached hydrogens (tertiary/aromatic N) is 3. The Hall–Kier alpha value is -2.31. The smallest absolute Gasteiger partial charge is 0.343 e. The number of hydrogen-bond donors (Lipinski definition) is 1. The van der Waals surface area contributed by atoms with Gasteiger partial charge in [-0.3, -0.25) is 9.80 Å². The molecule has 2 atom stereocenters. The fourth-order valence-electron chi connectivity index (χ4n) is 6.80. The summed E-state index contributed by atoms with van der Waals surface area (Å²) < 4.78 is 5.41. The number of para-hydroxylation sites is 1. The Kier molecular flexibility index (Phi) is 5.78. The summed E-state index contributed by atoms with van der Waals surface area (Å²) in [6.07, 6.45) is 4.98. The Morgan fingerprint density at radius 3 is 2.48 bits per heavy atom. The minimum Gasteiger partial charge on any atom is -0.507 e. The van der Waals surface area contributed by atoms with E-state index in [1.807, 2.05) is 6.07 Å². The van der Waals surface area contributed by atoms with Crippen LogP contribution >= 0.6 is 0 Å². The minimum atomic E-state index is -0.406.